The molecule has 0 saturated carbocycles. The van der Waals surface area contributed by atoms with Crippen molar-refractivity contribution in [3.63, 3.8) is 0 Å². The Morgan fingerprint density at radius 2 is 1.74 bits per heavy atom. The molecule has 2 aromatic rings. The van der Waals surface area contributed by atoms with Crippen LogP contribution in [0.2, 0.25) is 0 Å². The van der Waals surface area contributed by atoms with E-state index in [1.165, 1.54) is 14.2 Å². The van der Waals surface area contributed by atoms with Crippen LogP contribution in [0.25, 0.3) is 0 Å². The third kappa shape index (κ3) is 8.87. The Labute approximate surface area is 206 Å². The van der Waals surface area contributed by atoms with Crippen molar-refractivity contribution < 1.29 is 28.5 Å². The molecule has 8 heteroatoms. The molecule has 0 amide bonds. The summed E-state index contributed by atoms with van der Waals surface area (Å²) in [5, 5.41) is 5.82. The summed E-state index contributed by atoms with van der Waals surface area (Å²) in [6.45, 7) is 2.61. The number of rotatable bonds is 12. The zero-order chi connectivity index (χ0) is 25.5. The van der Waals surface area contributed by atoms with E-state index in [2.05, 4.69) is 34.6 Å². The molecule has 0 fully saturated rings. The molecule has 0 heterocycles. The normalized spacial score (nSPS) is 9.49. The van der Waals surface area contributed by atoms with E-state index in [1.807, 2.05) is 24.3 Å². The van der Waals surface area contributed by atoms with Crippen LogP contribution < -0.4 is 24.8 Å². The molecule has 0 spiro atoms. The number of methoxy groups -OCH3 is 3. The first-order chi connectivity index (χ1) is 17.0. The van der Waals surface area contributed by atoms with Crippen LogP contribution >= 0.6 is 0 Å². The number of esters is 1. The van der Waals surface area contributed by atoms with Crippen LogP contribution in [0.5, 0.6) is 17.2 Å². The number of ether oxygens (including phenoxy) is 4. The molecule has 184 valence electrons. The van der Waals surface area contributed by atoms with Gasteiger partial charge < -0.3 is 29.6 Å². The van der Waals surface area contributed by atoms with Crippen LogP contribution in [0.3, 0.4) is 0 Å². The summed E-state index contributed by atoms with van der Waals surface area (Å²) in [7, 11) is 4.43. The van der Waals surface area contributed by atoms with Gasteiger partial charge in [-0.2, -0.15) is 0 Å². The molecule has 2 rings (SSSR count). The first kappa shape index (κ1) is 26.9. The van der Waals surface area contributed by atoms with Crippen LogP contribution in [0.15, 0.2) is 36.4 Å². The minimum absolute atomic E-state index is 0.0455. The highest BCUT2D eigenvalue weighted by molar-refractivity contribution is 5.97. The van der Waals surface area contributed by atoms with Crippen molar-refractivity contribution in [2.45, 2.75) is 26.2 Å². The van der Waals surface area contributed by atoms with Crippen LogP contribution in [0.1, 0.15) is 35.7 Å². The molecule has 0 atom stereocenters. The SMILES string of the molecule is CC#CNc1cc(OC)c(OCCCNC#CCC(=O)Cc2ccc(OC)cc2)cc1C(=O)OC. The Balaban J connectivity index is 1.79. The molecule has 2 aromatic carbocycles. The minimum atomic E-state index is -0.517. The number of ketones is 1. The zero-order valence-corrected chi connectivity index (χ0v) is 20.4. The van der Waals surface area contributed by atoms with Gasteiger partial charge in [-0.3, -0.25) is 4.79 Å². The number of benzene rings is 2. The van der Waals surface area contributed by atoms with Gasteiger partial charge in [-0.1, -0.05) is 24.0 Å². The highest BCUT2D eigenvalue weighted by atomic mass is 16.5. The summed E-state index contributed by atoms with van der Waals surface area (Å²) in [4.78, 5) is 24.2. The maximum atomic E-state index is 12.1. The van der Waals surface area contributed by atoms with E-state index < -0.39 is 5.97 Å². The average molecular weight is 479 g/mol. The Morgan fingerprint density at radius 1 is 0.971 bits per heavy atom. The van der Waals surface area contributed by atoms with Gasteiger partial charge in [0.05, 0.1) is 45.6 Å². The number of anilines is 1. The molecule has 0 aliphatic heterocycles. The number of carbonyl (C=O) groups excluding carboxylic acids is 2. The summed E-state index contributed by atoms with van der Waals surface area (Å²) in [5.41, 5.74) is 1.68. The lowest BCUT2D eigenvalue weighted by Crippen LogP contribution is -2.13. The van der Waals surface area contributed by atoms with Gasteiger partial charge in [-0.15, -0.1) is 0 Å². The van der Waals surface area contributed by atoms with Crippen molar-refractivity contribution in [2.75, 3.05) is 39.8 Å². The van der Waals surface area contributed by atoms with Gasteiger partial charge in [-0.25, -0.2) is 4.79 Å². The van der Waals surface area contributed by atoms with Crippen LogP contribution in [-0.2, 0) is 16.0 Å². The Kier molecular flexibility index (Phi) is 11.4. The third-order valence-corrected chi connectivity index (χ3v) is 4.76. The Hall–Kier alpha value is -4.30. The number of hydrogen-bond acceptors (Lipinski definition) is 8. The number of Topliss-reactive ketones (excluding diaryl/α,β-unsaturated/α-hetero) is 1. The molecule has 0 aliphatic rings. The minimum Gasteiger partial charge on any atom is -0.497 e. The quantitative estimate of drug-likeness (QED) is 0.207. The zero-order valence-electron chi connectivity index (χ0n) is 20.4. The monoisotopic (exact) mass is 478 g/mol. The van der Waals surface area contributed by atoms with E-state index in [0.717, 1.165) is 11.3 Å². The molecule has 0 unspecified atom stereocenters. The second-order valence-electron chi connectivity index (χ2n) is 7.21. The lowest BCUT2D eigenvalue weighted by atomic mass is 10.1. The lowest BCUT2D eigenvalue weighted by molar-refractivity contribution is -0.117. The largest absolute Gasteiger partial charge is 0.497 e. The van der Waals surface area contributed by atoms with Crippen molar-refractivity contribution >= 4 is 17.4 Å². The van der Waals surface area contributed by atoms with Crippen LogP contribution in [-0.4, -0.2) is 46.2 Å². The fourth-order valence-corrected chi connectivity index (χ4v) is 2.99. The van der Waals surface area contributed by atoms with Gasteiger partial charge in [0.25, 0.3) is 0 Å². The maximum Gasteiger partial charge on any atom is 0.340 e. The Morgan fingerprint density at radius 3 is 2.40 bits per heavy atom. The van der Waals surface area contributed by atoms with Gasteiger partial charge in [0.15, 0.2) is 11.5 Å². The first-order valence-electron chi connectivity index (χ1n) is 11.0. The van der Waals surface area contributed by atoms with Gasteiger partial charge in [-0.05, 0) is 31.0 Å². The van der Waals surface area contributed by atoms with Gasteiger partial charge in [0.2, 0.25) is 0 Å². The van der Waals surface area contributed by atoms with Gasteiger partial charge >= 0.3 is 5.97 Å². The first-order valence-corrected chi connectivity index (χ1v) is 11.0. The summed E-state index contributed by atoms with van der Waals surface area (Å²) in [6, 6.07) is 16.1. The number of carbonyl (C=O) groups is 2. The van der Waals surface area contributed by atoms with E-state index in [9.17, 15) is 9.59 Å². The lowest BCUT2D eigenvalue weighted by Gasteiger charge is -2.14. The maximum absolute atomic E-state index is 12.1. The van der Waals surface area contributed by atoms with E-state index in [-0.39, 0.29) is 17.8 Å². The van der Waals surface area contributed by atoms with Crippen molar-refractivity contribution in [2.24, 2.45) is 0 Å². The molecule has 0 saturated heterocycles. The topological polar surface area (TPSA) is 95.1 Å². The second kappa shape index (κ2) is 14.8. The molecule has 0 aromatic heterocycles. The predicted octanol–water partition coefficient (Wildman–Crippen LogP) is 3.40. The Bertz CT molecular complexity index is 1120. The molecule has 0 bridgehead atoms. The van der Waals surface area contributed by atoms with Crippen molar-refractivity contribution in [3.05, 3.63) is 47.5 Å². The highest BCUT2D eigenvalue weighted by Crippen LogP contribution is 2.34. The van der Waals surface area contributed by atoms with Gasteiger partial charge in [0.1, 0.15) is 11.5 Å². The van der Waals surface area contributed by atoms with Gasteiger partial charge in [0, 0.05) is 37.2 Å². The summed E-state index contributed by atoms with van der Waals surface area (Å²) >= 11 is 0. The predicted molar refractivity (Wildman–Crippen MR) is 134 cm³/mol. The summed E-state index contributed by atoms with van der Waals surface area (Å²) in [6.07, 6.45) is 1.15. The molecular weight excluding hydrogens is 448 g/mol. The fraction of sp³-hybridized carbons (Fsp3) is 0.333. The van der Waals surface area contributed by atoms with E-state index in [4.69, 9.17) is 18.9 Å². The standard InChI is InChI=1S/C27H30N2O6/c1-5-13-29-24-19-25(33-3)26(18-23(24)27(31)34-4)35-16-7-15-28-14-6-8-21(30)17-20-9-11-22(32-2)12-10-20/h9-12,18-19,28-29H,7-8,15-17H2,1-4H3. The molecular formula is C27H30N2O6. The molecule has 35 heavy (non-hydrogen) atoms. The smallest absolute Gasteiger partial charge is 0.340 e. The average Bonchev–Trinajstić information content (AvgIpc) is 2.88. The molecule has 0 radical (unpaired) electrons. The van der Waals surface area contributed by atoms with Crippen LogP contribution in [0.4, 0.5) is 5.69 Å². The fourth-order valence-electron chi connectivity index (χ4n) is 2.99. The highest BCUT2D eigenvalue weighted by Gasteiger charge is 2.17. The van der Waals surface area contributed by atoms with E-state index >= 15 is 0 Å². The van der Waals surface area contributed by atoms with Crippen LogP contribution in [0, 0.1) is 23.9 Å². The van der Waals surface area contributed by atoms with E-state index in [1.54, 1.807) is 26.2 Å². The molecule has 0 aliphatic carbocycles. The van der Waals surface area contributed by atoms with Crippen molar-refractivity contribution in [1.29, 1.82) is 0 Å². The second-order valence-corrected chi connectivity index (χ2v) is 7.21. The molecule has 2 N–H and O–H groups in total. The third-order valence-electron chi connectivity index (χ3n) is 4.76. The number of nitrogens with one attached hydrogen (secondary N) is 2. The summed E-state index contributed by atoms with van der Waals surface area (Å²) in [5.74, 6) is 6.71. The summed E-state index contributed by atoms with van der Waals surface area (Å²) < 4.78 is 21.1. The van der Waals surface area contributed by atoms with Crippen molar-refractivity contribution in [1.82, 2.24) is 5.32 Å². The van der Waals surface area contributed by atoms with E-state index in [0.29, 0.717) is 43.2 Å². The number of hydrogen-bond donors (Lipinski definition) is 2. The molecule has 8 nitrogen and oxygen atoms in total. The van der Waals surface area contributed by atoms with Crippen molar-refractivity contribution in [3.8, 4) is 41.2 Å².